The van der Waals surface area contributed by atoms with Gasteiger partial charge in [-0.15, -0.1) is 6.58 Å². The summed E-state index contributed by atoms with van der Waals surface area (Å²) in [6.07, 6.45) is 7.18. The zero-order valence-electron chi connectivity index (χ0n) is 17.4. The fourth-order valence-corrected chi connectivity index (χ4v) is 2.98. The summed E-state index contributed by atoms with van der Waals surface area (Å²) in [5.41, 5.74) is 0.620. The molecule has 0 atom stereocenters. The summed E-state index contributed by atoms with van der Waals surface area (Å²) in [6, 6.07) is 7.61. The summed E-state index contributed by atoms with van der Waals surface area (Å²) in [6.45, 7) is 3.83. The first-order chi connectivity index (χ1) is 15.2. The van der Waals surface area contributed by atoms with E-state index in [4.69, 9.17) is 0 Å². The number of nitrogens with zero attached hydrogens (tertiary/aromatic N) is 5. The van der Waals surface area contributed by atoms with E-state index in [1.165, 1.54) is 37.0 Å². The predicted molar refractivity (Wildman–Crippen MR) is 124 cm³/mol. The van der Waals surface area contributed by atoms with Gasteiger partial charge in [-0.25, -0.2) is 19.2 Å². The maximum Gasteiger partial charge on any atom is 0.256 e. The van der Waals surface area contributed by atoms with Crippen LogP contribution < -0.4 is 16.0 Å². The molecule has 3 heterocycles. The van der Waals surface area contributed by atoms with E-state index < -0.39 is 21.6 Å². The second kappa shape index (κ2) is 9.92. The fourth-order valence-electron chi connectivity index (χ4n) is 2.43. The lowest BCUT2D eigenvalue weighted by Crippen LogP contribution is -2.25. The molecule has 0 aliphatic rings. The highest BCUT2D eigenvalue weighted by atomic mass is 32.2. The van der Waals surface area contributed by atoms with Crippen LogP contribution in [-0.2, 0) is 9.73 Å². The van der Waals surface area contributed by atoms with Crippen molar-refractivity contribution >= 4 is 44.7 Å². The van der Waals surface area contributed by atoms with E-state index in [1.54, 1.807) is 24.3 Å². The van der Waals surface area contributed by atoms with Crippen LogP contribution in [0.2, 0.25) is 0 Å². The van der Waals surface area contributed by atoms with Gasteiger partial charge in [0.15, 0.2) is 5.82 Å². The number of halogens is 1. The molecule has 0 spiro atoms. The predicted octanol–water partition coefficient (Wildman–Crippen LogP) is 3.41. The Hall–Kier alpha value is -3.93. The first kappa shape index (κ1) is 22.7. The highest BCUT2D eigenvalue weighted by Gasteiger charge is 2.16. The summed E-state index contributed by atoms with van der Waals surface area (Å²) < 4.78 is 29.1. The first-order valence-corrected chi connectivity index (χ1v) is 11.6. The van der Waals surface area contributed by atoms with Crippen molar-refractivity contribution in [2.75, 3.05) is 29.7 Å². The normalized spacial score (nSPS) is 10.8. The van der Waals surface area contributed by atoms with Crippen LogP contribution in [0, 0.1) is 5.95 Å². The standard InChI is InChI=1S/C20H21FN8O2S.H2/c1-4-10-22-19(30)14-12-24-20(25-13-8-9-15(21)23-11-13)28-18(14)27-16-6-5-7-17(26-16)29-32(2,3)31;/h4-9,11-12H,1,10H2,2-3H3,(H,22,30)(H2,24,25,26,27,28);1H. The average molecular weight is 459 g/mol. The van der Waals surface area contributed by atoms with E-state index in [-0.39, 0.29) is 31.1 Å². The molecule has 168 valence electrons. The van der Waals surface area contributed by atoms with Crippen LogP contribution in [0.15, 0.2) is 59.7 Å². The van der Waals surface area contributed by atoms with Crippen LogP contribution in [0.3, 0.4) is 0 Å². The molecule has 0 saturated carbocycles. The molecule has 0 radical (unpaired) electrons. The van der Waals surface area contributed by atoms with Crippen LogP contribution in [0.4, 0.5) is 33.5 Å². The summed E-state index contributed by atoms with van der Waals surface area (Å²) in [4.78, 5) is 28.9. The topological polar surface area (TPSA) is 134 Å². The highest BCUT2D eigenvalue weighted by molar-refractivity contribution is 7.92. The molecule has 12 heteroatoms. The van der Waals surface area contributed by atoms with E-state index in [0.717, 1.165) is 0 Å². The Kier molecular flexibility index (Phi) is 7.05. The van der Waals surface area contributed by atoms with Gasteiger partial charge in [0.1, 0.15) is 17.2 Å². The Balaban J connectivity index is 0.00000385. The SMILES string of the molecule is C=CCNC(=O)c1cnc(Nc2ccc(F)nc2)nc1Nc1cccc(N=S(C)(C)=O)n1.[HH]. The minimum atomic E-state index is -2.40. The molecule has 3 aromatic rings. The van der Waals surface area contributed by atoms with E-state index in [0.29, 0.717) is 11.5 Å². The lowest BCUT2D eigenvalue weighted by molar-refractivity contribution is 0.0958. The number of anilines is 4. The summed E-state index contributed by atoms with van der Waals surface area (Å²) in [5.74, 6) is -0.126. The number of hydrogen-bond donors (Lipinski definition) is 3. The van der Waals surface area contributed by atoms with E-state index in [1.807, 2.05) is 0 Å². The molecule has 32 heavy (non-hydrogen) atoms. The highest BCUT2D eigenvalue weighted by Crippen LogP contribution is 2.22. The molecular weight excluding hydrogens is 435 g/mol. The Labute approximate surface area is 186 Å². The second-order valence-electron chi connectivity index (χ2n) is 6.73. The molecule has 0 aliphatic carbocycles. The molecule has 0 aliphatic heterocycles. The number of pyridine rings is 2. The lowest BCUT2D eigenvalue weighted by Gasteiger charge is -2.12. The zero-order chi connectivity index (χ0) is 23.1. The Morgan fingerprint density at radius 3 is 2.69 bits per heavy atom. The molecule has 0 saturated heterocycles. The van der Waals surface area contributed by atoms with Gasteiger partial charge in [0.25, 0.3) is 5.91 Å². The van der Waals surface area contributed by atoms with Crippen LogP contribution in [0.1, 0.15) is 11.8 Å². The van der Waals surface area contributed by atoms with Crippen LogP contribution in [0.5, 0.6) is 0 Å². The van der Waals surface area contributed by atoms with Crippen LogP contribution in [0.25, 0.3) is 0 Å². The monoisotopic (exact) mass is 458 g/mol. The smallest absolute Gasteiger partial charge is 0.256 e. The molecule has 1 amide bonds. The van der Waals surface area contributed by atoms with E-state index >= 15 is 0 Å². The molecule has 0 fully saturated rings. The zero-order valence-corrected chi connectivity index (χ0v) is 18.2. The number of nitrogens with one attached hydrogen (secondary N) is 3. The number of carbonyl (C=O) groups excluding carboxylic acids is 1. The van der Waals surface area contributed by atoms with Gasteiger partial charge in [0.05, 0.1) is 11.9 Å². The fraction of sp³-hybridized carbons (Fsp3) is 0.150. The summed E-state index contributed by atoms with van der Waals surface area (Å²) in [7, 11) is -2.40. The third-order valence-electron chi connectivity index (χ3n) is 3.72. The number of amides is 1. The average Bonchev–Trinajstić information content (AvgIpc) is 2.73. The molecule has 3 aromatic heterocycles. The van der Waals surface area contributed by atoms with Crippen molar-refractivity contribution in [3.8, 4) is 0 Å². The second-order valence-corrected chi connectivity index (χ2v) is 9.27. The van der Waals surface area contributed by atoms with Gasteiger partial charge in [-0.1, -0.05) is 12.1 Å². The largest absolute Gasteiger partial charge is 0.348 e. The van der Waals surface area contributed by atoms with Gasteiger partial charge in [0.2, 0.25) is 11.9 Å². The third-order valence-corrected chi connectivity index (χ3v) is 4.34. The van der Waals surface area contributed by atoms with Gasteiger partial charge in [-0.3, -0.25) is 4.79 Å². The maximum absolute atomic E-state index is 13.0. The van der Waals surface area contributed by atoms with Gasteiger partial charge < -0.3 is 16.0 Å². The maximum atomic E-state index is 13.0. The molecule has 0 bridgehead atoms. The van der Waals surface area contributed by atoms with Gasteiger partial charge in [-0.05, 0) is 24.3 Å². The van der Waals surface area contributed by atoms with Crippen LogP contribution >= 0.6 is 0 Å². The number of hydrogen-bond acceptors (Lipinski definition) is 9. The van der Waals surface area contributed by atoms with Gasteiger partial charge in [0, 0.05) is 36.4 Å². The number of carbonyl (C=O) groups is 1. The van der Waals surface area contributed by atoms with Crippen molar-refractivity contribution < 1.29 is 14.8 Å². The van der Waals surface area contributed by atoms with Gasteiger partial charge >= 0.3 is 0 Å². The van der Waals surface area contributed by atoms with E-state index in [2.05, 4.69) is 46.8 Å². The van der Waals surface area contributed by atoms with Crippen LogP contribution in [-0.4, -0.2) is 49.1 Å². The minimum Gasteiger partial charge on any atom is -0.348 e. The third kappa shape index (κ3) is 6.54. The molecular formula is C20H23FN8O2S. The molecule has 10 nitrogen and oxygen atoms in total. The Morgan fingerprint density at radius 1 is 1.19 bits per heavy atom. The van der Waals surface area contributed by atoms with Crippen molar-refractivity contribution in [3.63, 3.8) is 0 Å². The molecule has 3 rings (SSSR count). The Morgan fingerprint density at radius 2 is 2.00 bits per heavy atom. The van der Waals surface area contributed by atoms with Crippen molar-refractivity contribution in [2.24, 2.45) is 4.36 Å². The minimum absolute atomic E-state index is 0. The van der Waals surface area contributed by atoms with Crippen molar-refractivity contribution in [1.82, 2.24) is 25.3 Å². The lowest BCUT2D eigenvalue weighted by atomic mass is 10.2. The van der Waals surface area contributed by atoms with Crippen molar-refractivity contribution in [2.45, 2.75) is 0 Å². The van der Waals surface area contributed by atoms with Gasteiger partial charge in [-0.2, -0.15) is 13.7 Å². The van der Waals surface area contributed by atoms with Crippen molar-refractivity contribution in [1.29, 1.82) is 0 Å². The molecule has 0 unspecified atom stereocenters. The van der Waals surface area contributed by atoms with E-state index in [9.17, 15) is 13.4 Å². The summed E-state index contributed by atoms with van der Waals surface area (Å²) in [5, 5.41) is 8.53. The molecule has 0 aromatic carbocycles. The quantitative estimate of drug-likeness (QED) is 0.345. The first-order valence-electron chi connectivity index (χ1n) is 9.29. The number of rotatable bonds is 8. The summed E-state index contributed by atoms with van der Waals surface area (Å²) >= 11 is 0. The van der Waals surface area contributed by atoms with Crippen molar-refractivity contribution in [3.05, 3.63) is 66.9 Å². The molecule has 3 N–H and O–H groups in total. The number of aromatic nitrogens is 4. The Bertz CT molecular complexity index is 1260.